The summed E-state index contributed by atoms with van der Waals surface area (Å²) in [7, 11) is 1.94. The molecule has 0 heterocycles. The Morgan fingerprint density at radius 1 is 1.05 bits per heavy atom. The molecule has 0 saturated carbocycles. The Kier molecular flexibility index (Phi) is 4.98. The van der Waals surface area contributed by atoms with Crippen LogP contribution in [0.1, 0.15) is 16.7 Å². The molecule has 0 aromatic heterocycles. The molecule has 2 nitrogen and oxygen atoms in total. The largest absolute Gasteiger partial charge is 0.389 e. The molecular formula is C16H16F2N2S. The van der Waals surface area contributed by atoms with Crippen LogP contribution in [0.15, 0.2) is 42.5 Å². The molecule has 0 fully saturated rings. The third-order valence-electron chi connectivity index (χ3n) is 3.11. The molecule has 2 aromatic rings. The third kappa shape index (κ3) is 4.31. The van der Waals surface area contributed by atoms with Gasteiger partial charge in [-0.2, -0.15) is 0 Å². The van der Waals surface area contributed by atoms with Crippen molar-refractivity contribution in [1.29, 1.82) is 0 Å². The SMILES string of the molecule is CN(Cc1ccc(F)cc1)Cc1ccc(F)c(C(N)=S)c1. The molecule has 0 amide bonds. The minimum absolute atomic E-state index is 0.0514. The zero-order chi connectivity index (χ0) is 15.4. The topological polar surface area (TPSA) is 29.3 Å². The average molecular weight is 306 g/mol. The number of thiocarbonyl (C=S) groups is 1. The maximum Gasteiger partial charge on any atom is 0.133 e. The first-order valence-electron chi connectivity index (χ1n) is 6.47. The van der Waals surface area contributed by atoms with Crippen molar-refractivity contribution in [2.75, 3.05) is 7.05 Å². The summed E-state index contributed by atoms with van der Waals surface area (Å²) >= 11 is 4.83. The Balaban J connectivity index is 2.05. The third-order valence-corrected chi connectivity index (χ3v) is 3.33. The van der Waals surface area contributed by atoms with Gasteiger partial charge in [0.25, 0.3) is 0 Å². The van der Waals surface area contributed by atoms with Crippen molar-refractivity contribution in [1.82, 2.24) is 4.90 Å². The Morgan fingerprint density at radius 2 is 1.62 bits per heavy atom. The number of nitrogens with two attached hydrogens (primary N) is 1. The highest BCUT2D eigenvalue weighted by atomic mass is 32.1. The van der Waals surface area contributed by atoms with E-state index in [0.717, 1.165) is 11.1 Å². The van der Waals surface area contributed by atoms with Gasteiger partial charge in [0.2, 0.25) is 0 Å². The summed E-state index contributed by atoms with van der Waals surface area (Å²) in [6, 6.07) is 11.1. The summed E-state index contributed by atoms with van der Waals surface area (Å²) in [6.45, 7) is 1.29. The zero-order valence-electron chi connectivity index (χ0n) is 11.6. The predicted octanol–water partition coefficient (Wildman–Crippen LogP) is 3.23. The second-order valence-electron chi connectivity index (χ2n) is 4.98. The maximum atomic E-state index is 13.5. The number of rotatable bonds is 5. The van der Waals surface area contributed by atoms with Gasteiger partial charge in [0.1, 0.15) is 16.6 Å². The van der Waals surface area contributed by atoms with Crippen molar-refractivity contribution in [3.8, 4) is 0 Å². The van der Waals surface area contributed by atoms with Crippen LogP contribution < -0.4 is 5.73 Å². The summed E-state index contributed by atoms with van der Waals surface area (Å²) in [5.41, 5.74) is 7.69. The van der Waals surface area contributed by atoms with Gasteiger partial charge in [-0.3, -0.25) is 4.90 Å². The van der Waals surface area contributed by atoms with Crippen LogP contribution in [-0.4, -0.2) is 16.9 Å². The van der Waals surface area contributed by atoms with E-state index >= 15 is 0 Å². The van der Waals surface area contributed by atoms with E-state index < -0.39 is 5.82 Å². The van der Waals surface area contributed by atoms with Crippen molar-refractivity contribution in [2.24, 2.45) is 5.73 Å². The van der Waals surface area contributed by atoms with E-state index in [9.17, 15) is 8.78 Å². The molecule has 0 spiro atoms. The lowest BCUT2D eigenvalue weighted by molar-refractivity contribution is 0.319. The first-order chi connectivity index (χ1) is 9.95. The Labute approximate surface area is 128 Å². The van der Waals surface area contributed by atoms with Gasteiger partial charge in [-0.1, -0.05) is 30.4 Å². The first-order valence-corrected chi connectivity index (χ1v) is 6.88. The molecular weight excluding hydrogens is 290 g/mol. The van der Waals surface area contributed by atoms with Crippen molar-refractivity contribution < 1.29 is 8.78 Å². The summed E-state index contributed by atoms with van der Waals surface area (Å²) in [6.07, 6.45) is 0. The minimum atomic E-state index is -0.410. The molecule has 0 aliphatic heterocycles. The van der Waals surface area contributed by atoms with Gasteiger partial charge < -0.3 is 5.73 Å². The van der Waals surface area contributed by atoms with Crippen LogP contribution in [0.2, 0.25) is 0 Å². The lowest BCUT2D eigenvalue weighted by atomic mass is 10.1. The molecule has 2 aromatic carbocycles. The van der Waals surface area contributed by atoms with E-state index in [1.807, 2.05) is 11.9 Å². The van der Waals surface area contributed by atoms with Gasteiger partial charge in [-0.15, -0.1) is 0 Å². The molecule has 0 aliphatic rings. The minimum Gasteiger partial charge on any atom is -0.389 e. The van der Waals surface area contributed by atoms with E-state index in [1.165, 1.54) is 18.2 Å². The number of hydrogen-bond donors (Lipinski definition) is 1. The molecule has 0 aliphatic carbocycles. The molecule has 0 unspecified atom stereocenters. The fourth-order valence-electron chi connectivity index (χ4n) is 2.13. The lowest BCUT2D eigenvalue weighted by Gasteiger charge is -2.17. The molecule has 0 atom stereocenters. The Hall–Kier alpha value is -1.85. The van der Waals surface area contributed by atoms with E-state index in [4.69, 9.17) is 18.0 Å². The standard InChI is InChI=1S/C16H16F2N2S/c1-20(9-11-2-5-13(17)6-3-11)10-12-4-7-15(18)14(8-12)16(19)21/h2-8H,9-10H2,1H3,(H2,19,21). The predicted molar refractivity (Wildman–Crippen MR) is 83.9 cm³/mol. The van der Waals surface area contributed by atoms with Crippen molar-refractivity contribution in [3.63, 3.8) is 0 Å². The average Bonchev–Trinajstić information content (AvgIpc) is 2.43. The van der Waals surface area contributed by atoms with E-state index in [2.05, 4.69) is 0 Å². The van der Waals surface area contributed by atoms with Crippen LogP contribution in [0.3, 0.4) is 0 Å². The molecule has 0 radical (unpaired) electrons. The Morgan fingerprint density at radius 3 is 2.24 bits per heavy atom. The normalized spacial score (nSPS) is 10.9. The van der Waals surface area contributed by atoms with E-state index in [-0.39, 0.29) is 16.4 Å². The quantitative estimate of drug-likeness (QED) is 0.860. The number of benzene rings is 2. The van der Waals surface area contributed by atoms with E-state index in [0.29, 0.717) is 13.1 Å². The van der Waals surface area contributed by atoms with Gasteiger partial charge in [0, 0.05) is 18.7 Å². The van der Waals surface area contributed by atoms with Gasteiger partial charge in [0.15, 0.2) is 0 Å². The molecule has 2 rings (SSSR count). The zero-order valence-corrected chi connectivity index (χ0v) is 12.5. The lowest BCUT2D eigenvalue weighted by Crippen LogP contribution is -2.18. The molecule has 21 heavy (non-hydrogen) atoms. The Bertz CT molecular complexity index is 641. The van der Waals surface area contributed by atoms with Crippen LogP contribution in [0.4, 0.5) is 8.78 Å². The summed E-state index contributed by atoms with van der Waals surface area (Å²) in [4.78, 5) is 2.10. The summed E-state index contributed by atoms with van der Waals surface area (Å²) in [5.74, 6) is -0.659. The van der Waals surface area contributed by atoms with Crippen LogP contribution in [0.25, 0.3) is 0 Å². The number of halogens is 2. The number of hydrogen-bond acceptors (Lipinski definition) is 2. The van der Waals surface area contributed by atoms with Crippen molar-refractivity contribution >= 4 is 17.2 Å². The van der Waals surface area contributed by atoms with Crippen molar-refractivity contribution in [3.05, 3.63) is 70.8 Å². The van der Waals surface area contributed by atoms with E-state index in [1.54, 1.807) is 24.3 Å². The second kappa shape index (κ2) is 6.74. The first kappa shape index (κ1) is 15.5. The fourth-order valence-corrected chi connectivity index (χ4v) is 2.29. The second-order valence-corrected chi connectivity index (χ2v) is 5.42. The summed E-state index contributed by atoms with van der Waals surface area (Å²) < 4.78 is 26.4. The van der Waals surface area contributed by atoms with Gasteiger partial charge in [-0.25, -0.2) is 8.78 Å². The van der Waals surface area contributed by atoms with Crippen LogP contribution in [0.5, 0.6) is 0 Å². The maximum absolute atomic E-state index is 13.5. The fraction of sp³-hybridized carbons (Fsp3) is 0.188. The molecule has 0 saturated heterocycles. The van der Waals surface area contributed by atoms with Gasteiger partial charge >= 0.3 is 0 Å². The molecule has 5 heteroatoms. The molecule has 0 bridgehead atoms. The van der Waals surface area contributed by atoms with Crippen LogP contribution in [0, 0.1) is 11.6 Å². The highest BCUT2D eigenvalue weighted by Crippen LogP contribution is 2.14. The monoisotopic (exact) mass is 306 g/mol. The number of nitrogens with zero attached hydrogens (tertiary/aromatic N) is 1. The molecule has 110 valence electrons. The van der Waals surface area contributed by atoms with Crippen LogP contribution >= 0.6 is 12.2 Å². The van der Waals surface area contributed by atoms with Gasteiger partial charge in [0.05, 0.1) is 0 Å². The van der Waals surface area contributed by atoms with Crippen LogP contribution in [-0.2, 0) is 13.1 Å². The highest BCUT2D eigenvalue weighted by Gasteiger charge is 2.08. The summed E-state index contributed by atoms with van der Waals surface area (Å²) in [5, 5.41) is 0. The molecule has 2 N–H and O–H groups in total. The van der Waals surface area contributed by atoms with Crippen molar-refractivity contribution in [2.45, 2.75) is 13.1 Å². The van der Waals surface area contributed by atoms with Gasteiger partial charge in [-0.05, 0) is 42.4 Å². The highest BCUT2D eigenvalue weighted by molar-refractivity contribution is 7.80. The smallest absolute Gasteiger partial charge is 0.133 e.